The molecule has 92 valence electrons. The van der Waals surface area contributed by atoms with Crippen LogP contribution >= 0.6 is 11.3 Å². The number of thiophene rings is 1. The van der Waals surface area contributed by atoms with Crippen LogP contribution in [-0.4, -0.2) is 29.4 Å². The molecule has 0 bridgehead atoms. The van der Waals surface area contributed by atoms with Crippen molar-refractivity contribution < 1.29 is 4.79 Å². The van der Waals surface area contributed by atoms with Crippen molar-refractivity contribution in [2.75, 3.05) is 6.54 Å². The van der Waals surface area contributed by atoms with E-state index in [0.717, 1.165) is 25.9 Å². The Bertz CT molecular complexity index is 380. The first-order valence-corrected chi connectivity index (χ1v) is 7.29. The summed E-state index contributed by atoms with van der Waals surface area (Å²) in [5, 5.41) is 5.39. The van der Waals surface area contributed by atoms with Crippen molar-refractivity contribution >= 4 is 17.2 Å². The molecule has 1 aliphatic carbocycles. The van der Waals surface area contributed by atoms with Crippen LogP contribution in [0.3, 0.4) is 0 Å². The van der Waals surface area contributed by atoms with Gasteiger partial charge in [-0.15, -0.1) is 11.3 Å². The SMILES string of the molecule is O=C([C@H]1CCCN1)N(Cc1cccs1)C1CC1. The van der Waals surface area contributed by atoms with Crippen LogP contribution in [0.5, 0.6) is 0 Å². The van der Waals surface area contributed by atoms with E-state index < -0.39 is 0 Å². The third-order valence-electron chi connectivity index (χ3n) is 3.54. The highest BCUT2D eigenvalue weighted by atomic mass is 32.1. The molecule has 1 saturated carbocycles. The van der Waals surface area contributed by atoms with Gasteiger partial charge in [-0.1, -0.05) is 6.07 Å². The molecule has 17 heavy (non-hydrogen) atoms. The van der Waals surface area contributed by atoms with Crippen LogP contribution in [0.4, 0.5) is 0 Å². The maximum absolute atomic E-state index is 12.4. The number of carbonyl (C=O) groups is 1. The van der Waals surface area contributed by atoms with Crippen molar-refractivity contribution in [1.82, 2.24) is 10.2 Å². The van der Waals surface area contributed by atoms with Gasteiger partial charge in [0.25, 0.3) is 0 Å². The summed E-state index contributed by atoms with van der Waals surface area (Å²) in [5.74, 6) is 0.318. The minimum atomic E-state index is 0.0792. The molecule has 4 heteroatoms. The molecular weight excluding hydrogens is 232 g/mol. The van der Waals surface area contributed by atoms with Crippen molar-refractivity contribution in [3.63, 3.8) is 0 Å². The first-order chi connectivity index (χ1) is 8.34. The number of carbonyl (C=O) groups excluding carboxylic acids is 1. The number of nitrogens with one attached hydrogen (secondary N) is 1. The van der Waals surface area contributed by atoms with E-state index in [0.29, 0.717) is 11.9 Å². The van der Waals surface area contributed by atoms with Gasteiger partial charge in [-0.05, 0) is 43.7 Å². The molecule has 3 rings (SSSR count). The zero-order valence-electron chi connectivity index (χ0n) is 9.89. The maximum atomic E-state index is 12.4. The van der Waals surface area contributed by atoms with E-state index in [1.165, 1.54) is 17.7 Å². The number of rotatable bonds is 4. The quantitative estimate of drug-likeness (QED) is 0.886. The number of hydrogen-bond donors (Lipinski definition) is 1. The average Bonchev–Trinajstić information content (AvgIpc) is 2.86. The number of hydrogen-bond acceptors (Lipinski definition) is 3. The molecule has 0 aromatic carbocycles. The van der Waals surface area contributed by atoms with Gasteiger partial charge < -0.3 is 10.2 Å². The Balaban J connectivity index is 1.68. The van der Waals surface area contributed by atoms with E-state index >= 15 is 0 Å². The lowest BCUT2D eigenvalue weighted by Crippen LogP contribution is -2.44. The molecule has 1 N–H and O–H groups in total. The predicted molar refractivity (Wildman–Crippen MR) is 68.9 cm³/mol. The largest absolute Gasteiger partial charge is 0.333 e. The molecule has 2 heterocycles. The Kier molecular flexibility index (Phi) is 3.16. The van der Waals surface area contributed by atoms with E-state index in [4.69, 9.17) is 0 Å². The van der Waals surface area contributed by atoms with Crippen LogP contribution in [0.2, 0.25) is 0 Å². The van der Waals surface area contributed by atoms with E-state index in [1.807, 2.05) is 0 Å². The summed E-state index contributed by atoms with van der Waals surface area (Å²) in [7, 11) is 0. The fraction of sp³-hybridized carbons (Fsp3) is 0.615. The van der Waals surface area contributed by atoms with Crippen molar-refractivity contribution in [3.05, 3.63) is 22.4 Å². The number of nitrogens with zero attached hydrogens (tertiary/aromatic N) is 1. The van der Waals surface area contributed by atoms with E-state index in [-0.39, 0.29) is 6.04 Å². The van der Waals surface area contributed by atoms with Gasteiger partial charge in [-0.2, -0.15) is 0 Å². The topological polar surface area (TPSA) is 32.3 Å². The van der Waals surface area contributed by atoms with Crippen LogP contribution in [0.1, 0.15) is 30.6 Å². The fourth-order valence-electron chi connectivity index (χ4n) is 2.44. The summed E-state index contributed by atoms with van der Waals surface area (Å²) in [6.07, 6.45) is 4.51. The zero-order chi connectivity index (χ0) is 11.7. The summed E-state index contributed by atoms with van der Waals surface area (Å²) in [6, 6.07) is 4.77. The van der Waals surface area contributed by atoms with Crippen molar-refractivity contribution in [2.45, 2.75) is 44.3 Å². The Morgan fingerprint density at radius 3 is 2.94 bits per heavy atom. The molecule has 0 spiro atoms. The summed E-state index contributed by atoms with van der Waals surface area (Å²) < 4.78 is 0. The summed E-state index contributed by atoms with van der Waals surface area (Å²) in [4.78, 5) is 15.8. The van der Waals surface area contributed by atoms with Gasteiger partial charge in [0, 0.05) is 10.9 Å². The predicted octanol–water partition coefficient (Wildman–Crippen LogP) is 1.99. The van der Waals surface area contributed by atoms with Crippen molar-refractivity contribution in [3.8, 4) is 0 Å². The first-order valence-electron chi connectivity index (χ1n) is 6.41. The molecule has 0 radical (unpaired) electrons. The highest BCUT2D eigenvalue weighted by Crippen LogP contribution is 2.30. The van der Waals surface area contributed by atoms with Gasteiger partial charge in [0.05, 0.1) is 12.6 Å². The first kappa shape index (κ1) is 11.2. The van der Waals surface area contributed by atoms with Crippen LogP contribution in [0.25, 0.3) is 0 Å². The standard InChI is InChI=1S/C13H18N2OS/c16-13(12-4-1-7-14-12)15(10-5-6-10)9-11-3-2-8-17-11/h2-3,8,10,12,14H,1,4-7,9H2/t12-/m1/s1. The minimum absolute atomic E-state index is 0.0792. The monoisotopic (exact) mass is 250 g/mol. The van der Waals surface area contributed by atoms with Crippen LogP contribution in [0.15, 0.2) is 17.5 Å². The molecular formula is C13H18N2OS. The van der Waals surface area contributed by atoms with Gasteiger partial charge in [-0.3, -0.25) is 4.79 Å². The lowest BCUT2D eigenvalue weighted by Gasteiger charge is -2.25. The highest BCUT2D eigenvalue weighted by molar-refractivity contribution is 7.09. The van der Waals surface area contributed by atoms with E-state index in [2.05, 4.69) is 27.7 Å². The normalized spacial score (nSPS) is 23.9. The molecule has 1 atom stereocenters. The van der Waals surface area contributed by atoms with Gasteiger partial charge in [0.1, 0.15) is 0 Å². The Labute approximate surface area is 106 Å². The third-order valence-corrected chi connectivity index (χ3v) is 4.40. The summed E-state index contributed by atoms with van der Waals surface area (Å²) in [6.45, 7) is 1.80. The summed E-state index contributed by atoms with van der Waals surface area (Å²) in [5.41, 5.74) is 0. The van der Waals surface area contributed by atoms with Crippen LogP contribution < -0.4 is 5.32 Å². The smallest absolute Gasteiger partial charge is 0.240 e. The average molecular weight is 250 g/mol. The lowest BCUT2D eigenvalue weighted by molar-refractivity contribution is -0.134. The Morgan fingerprint density at radius 2 is 2.35 bits per heavy atom. The minimum Gasteiger partial charge on any atom is -0.333 e. The molecule has 2 fully saturated rings. The van der Waals surface area contributed by atoms with Gasteiger partial charge >= 0.3 is 0 Å². The Morgan fingerprint density at radius 1 is 1.47 bits per heavy atom. The van der Waals surface area contributed by atoms with Crippen molar-refractivity contribution in [2.24, 2.45) is 0 Å². The molecule has 1 aromatic heterocycles. The third kappa shape index (κ3) is 2.53. The maximum Gasteiger partial charge on any atom is 0.240 e. The van der Waals surface area contributed by atoms with Gasteiger partial charge in [0.2, 0.25) is 5.91 Å². The molecule has 0 unspecified atom stereocenters. The second kappa shape index (κ2) is 4.78. The molecule has 1 aromatic rings. The second-order valence-electron chi connectivity index (χ2n) is 4.93. The molecule has 1 saturated heterocycles. The molecule has 3 nitrogen and oxygen atoms in total. The summed E-state index contributed by atoms with van der Waals surface area (Å²) >= 11 is 1.74. The lowest BCUT2D eigenvalue weighted by atomic mass is 10.2. The van der Waals surface area contributed by atoms with Crippen LogP contribution in [-0.2, 0) is 11.3 Å². The van der Waals surface area contributed by atoms with Gasteiger partial charge in [-0.25, -0.2) is 0 Å². The van der Waals surface area contributed by atoms with Gasteiger partial charge in [0.15, 0.2) is 0 Å². The zero-order valence-corrected chi connectivity index (χ0v) is 10.7. The van der Waals surface area contributed by atoms with Crippen molar-refractivity contribution in [1.29, 1.82) is 0 Å². The fourth-order valence-corrected chi connectivity index (χ4v) is 3.14. The highest BCUT2D eigenvalue weighted by Gasteiger charge is 2.36. The molecule has 1 amide bonds. The molecule has 2 aliphatic rings. The Hall–Kier alpha value is -0.870. The molecule has 1 aliphatic heterocycles. The number of amides is 1. The second-order valence-corrected chi connectivity index (χ2v) is 5.96. The van der Waals surface area contributed by atoms with E-state index in [1.54, 1.807) is 11.3 Å². The van der Waals surface area contributed by atoms with Crippen LogP contribution in [0, 0.1) is 0 Å². The van der Waals surface area contributed by atoms with E-state index in [9.17, 15) is 4.79 Å².